The summed E-state index contributed by atoms with van der Waals surface area (Å²) in [5.41, 5.74) is 18.8. The third kappa shape index (κ3) is 2.10. The molecule has 0 saturated heterocycles. The second-order valence-corrected chi connectivity index (χ2v) is 6.40. The van der Waals surface area contributed by atoms with Crippen molar-refractivity contribution in [3.8, 4) is 17.4 Å². The number of hydrogen-bond donors (Lipinski definition) is 3. The Labute approximate surface area is 145 Å². The Morgan fingerprint density at radius 2 is 2.04 bits per heavy atom. The minimum Gasteiger partial charge on any atom is -0.456 e. The quantitative estimate of drug-likeness (QED) is 0.507. The van der Waals surface area contributed by atoms with Crippen molar-refractivity contribution >= 4 is 49.9 Å². The van der Waals surface area contributed by atoms with E-state index < -0.39 is 5.91 Å². The van der Waals surface area contributed by atoms with E-state index in [9.17, 15) is 10.1 Å². The molecule has 122 valence electrons. The molecule has 0 spiro atoms. The van der Waals surface area contributed by atoms with Gasteiger partial charge < -0.3 is 21.6 Å². The molecule has 0 aliphatic heterocycles. The van der Waals surface area contributed by atoms with Gasteiger partial charge in [-0.1, -0.05) is 18.2 Å². The summed E-state index contributed by atoms with van der Waals surface area (Å²) < 4.78 is 5.88. The molecule has 4 aromatic rings. The highest BCUT2D eigenvalue weighted by molar-refractivity contribution is 7.21. The van der Waals surface area contributed by atoms with Crippen LogP contribution in [0.3, 0.4) is 0 Å². The number of nitrogen functional groups attached to an aromatic ring is 2. The van der Waals surface area contributed by atoms with Crippen molar-refractivity contribution in [2.24, 2.45) is 5.73 Å². The molecule has 3 heterocycles. The second kappa shape index (κ2) is 5.22. The van der Waals surface area contributed by atoms with Gasteiger partial charge in [0.1, 0.15) is 38.5 Å². The molecule has 6 N–H and O–H groups in total. The van der Waals surface area contributed by atoms with Gasteiger partial charge in [-0.15, -0.1) is 11.3 Å². The van der Waals surface area contributed by atoms with Crippen LogP contribution in [0.2, 0.25) is 0 Å². The Hall–Kier alpha value is -3.57. The van der Waals surface area contributed by atoms with Crippen molar-refractivity contribution in [1.82, 2.24) is 4.98 Å². The largest absolute Gasteiger partial charge is 0.456 e. The number of fused-ring (bicyclic) bond motifs is 2. The third-order valence-corrected chi connectivity index (χ3v) is 5.03. The van der Waals surface area contributed by atoms with Crippen LogP contribution in [-0.2, 0) is 0 Å². The van der Waals surface area contributed by atoms with Gasteiger partial charge in [0.15, 0.2) is 0 Å². The first-order valence-electron chi connectivity index (χ1n) is 7.21. The normalized spacial score (nSPS) is 11.0. The lowest BCUT2D eigenvalue weighted by atomic mass is 10.0. The lowest BCUT2D eigenvalue weighted by Crippen LogP contribution is -2.10. The van der Waals surface area contributed by atoms with Crippen LogP contribution in [0, 0.1) is 11.3 Å². The van der Waals surface area contributed by atoms with E-state index in [0.29, 0.717) is 27.1 Å². The molecule has 4 rings (SSSR count). The third-order valence-electron chi connectivity index (χ3n) is 3.91. The summed E-state index contributed by atoms with van der Waals surface area (Å²) in [6.45, 7) is 0. The first kappa shape index (κ1) is 15.0. The van der Waals surface area contributed by atoms with Gasteiger partial charge in [-0.2, -0.15) is 5.26 Å². The topological polar surface area (TPSA) is 145 Å². The summed E-state index contributed by atoms with van der Waals surface area (Å²) in [5, 5.41) is 10.9. The summed E-state index contributed by atoms with van der Waals surface area (Å²) in [7, 11) is 0. The minimum atomic E-state index is -0.659. The van der Waals surface area contributed by atoms with Gasteiger partial charge in [0, 0.05) is 10.8 Å². The number of anilines is 2. The van der Waals surface area contributed by atoms with Crippen molar-refractivity contribution in [1.29, 1.82) is 5.26 Å². The molecule has 3 aromatic heterocycles. The van der Waals surface area contributed by atoms with Crippen molar-refractivity contribution in [2.75, 3.05) is 11.5 Å². The first-order chi connectivity index (χ1) is 12.0. The number of primary amides is 1. The number of hydrogen-bond acceptors (Lipinski definition) is 7. The standard InChI is InChI=1S/C17H11N5O2S/c18-6-8-11(10-5-7-3-1-2-4-9(7)24-10)12-13(19)14(16(21)23)25-17(12)22-15(8)20/h1-5H,19H2,(H2,20,22)(H2,21,23). The molecular weight excluding hydrogens is 338 g/mol. The Morgan fingerprint density at radius 3 is 2.72 bits per heavy atom. The van der Waals surface area contributed by atoms with Gasteiger partial charge in [-0.25, -0.2) is 4.98 Å². The number of benzene rings is 1. The summed E-state index contributed by atoms with van der Waals surface area (Å²) in [5.74, 6) is -0.187. The smallest absolute Gasteiger partial charge is 0.260 e. The highest BCUT2D eigenvalue weighted by atomic mass is 32.1. The molecule has 0 fully saturated rings. The fourth-order valence-electron chi connectivity index (χ4n) is 2.82. The number of thiophene rings is 1. The Kier molecular flexibility index (Phi) is 3.13. The monoisotopic (exact) mass is 349 g/mol. The number of furan rings is 1. The van der Waals surface area contributed by atoms with E-state index in [1.807, 2.05) is 30.3 Å². The van der Waals surface area contributed by atoms with Crippen molar-refractivity contribution < 1.29 is 9.21 Å². The summed E-state index contributed by atoms with van der Waals surface area (Å²) in [6, 6.07) is 11.3. The molecule has 0 aliphatic rings. The van der Waals surface area contributed by atoms with Crippen molar-refractivity contribution in [3.05, 3.63) is 40.8 Å². The molecule has 7 nitrogen and oxygen atoms in total. The van der Waals surface area contributed by atoms with Crippen LogP contribution in [0.5, 0.6) is 0 Å². The van der Waals surface area contributed by atoms with Gasteiger partial charge in [-0.05, 0) is 12.1 Å². The number of nitrogens with zero attached hydrogens (tertiary/aromatic N) is 2. The number of rotatable bonds is 2. The van der Waals surface area contributed by atoms with Crippen LogP contribution in [0.15, 0.2) is 34.7 Å². The van der Waals surface area contributed by atoms with Crippen LogP contribution >= 0.6 is 11.3 Å². The number of para-hydroxylation sites is 1. The molecule has 8 heteroatoms. The number of pyridine rings is 1. The predicted octanol–water partition coefficient (Wildman–Crippen LogP) is 2.84. The summed E-state index contributed by atoms with van der Waals surface area (Å²) in [6.07, 6.45) is 0. The zero-order valence-corrected chi connectivity index (χ0v) is 13.6. The van der Waals surface area contributed by atoms with Gasteiger partial charge in [-0.3, -0.25) is 4.79 Å². The van der Waals surface area contributed by atoms with Crippen LogP contribution < -0.4 is 17.2 Å². The number of nitriles is 1. The molecule has 25 heavy (non-hydrogen) atoms. The fourth-order valence-corrected chi connectivity index (χ4v) is 3.78. The van der Waals surface area contributed by atoms with Crippen molar-refractivity contribution in [2.45, 2.75) is 0 Å². The molecule has 0 aliphatic carbocycles. The van der Waals surface area contributed by atoms with Crippen LogP contribution in [0.1, 0.15) is 15.2 Å². The molecule has 1 aromatic carbocycles. The maximum absolute atomic E-state index is 11.6. The predicted molar refractivity (Wildman–Crippen MR) is 96.9 cm³/mol. The van der Waals surface area contributed by atoms with E-state index in [0.717, 1.165) is 16.7 Å². The zero-order chi connectivity index (χ0) is 17.7. The highest BCUT2D eigenvalue weighted by Gasteiger charge is 2.25. The fraction of sp³-hybridized carbons (Fsp3) is 0. The lowest BCUT2D eigenvalue weighted by molar-refractivity contribution is 0.100. The Balaban J connectivity index is 2.17. The second-order valence-electron chi connectivity index (χ2n) is 5.40. The molecule has 0 unspecified atom stereocenters. The van der Waals surface area contributed by atoms with E-state index in [-0.39, 0.29) is 21.9 Å². The van der Waals surface area contributed by atoms with Crippen LogP contribution in [0.4, 0.5) is 11.5 Å². The maximum Gasteiger partial charge on any atom is 0.260 e. The minimum absolute atomic E-state index is 0.0442. The summed E-state index contributed by atoms with van der Waals surface area (Å²) in [4.78, 5) is 16.4. The van der Waals surface area contributed by atoms with E-state index in [4.69, 9.17) is 21.6 Å². The highest BCUT2D eigenvalue weighted by Crippen LogP contribution is 2.43. The lowest BCUT2D eigenvalue weighted by Gasteiger charge is -2.06. The molecule has 0 radical (unpaired) electrons. The molecule has 1 amide bonds. The zero-order valence-electron chi connectivity index (χ0n) is 12.7. The Bertz CT molecular complexity index is 1180. The maximum atomic E-state index is 11.6. The number of amides is 1. The van der Waals surface area contributed by atoms with Gasteiger partial charge in [0.25, 0.3) is 5.91 Å². The van der Waals surface area contributed by atoms with E-state index in [1.165, 1.54) is 0 Å². The molecular formula is C17H11N5O2S. The Morgan fingerprint density at radius 1 is 1.28 bits per heavy atom. The van der Waals surface area contributed by atoms with Gasteiger partial charge in [0.2, 0.25) is 0 Å². The first-order valence-corrected chi connectivity index (χ1v) is 8.03. The van der Waals surface area contributed by atoms with Crippen LogP contribution in [0.25, 0.3) is 32.5 Å². The number of carbonyl (C=O) groups excluding carboxylic acids is 1. The molecule has 0 atom stereocenters. The number of aromatic nitrogens is 1. The van der Waals surface area contributed by atoms with Gasteiger partial charge in [0.05, 0.1) is 11.3 Å². The average Bonchev–Trinajstić information content (AvgIpc) is 3.15. The number of carbonyl (C=O) groups is 1. The molecule has 0 bridgehead atoms. The van der Waals surface area contributed by atoms with Crippen LogP contribution in [-0.4, -0.2) is 10.9 Å². The van der Waals surface area contributed by atoms with Gasteiger partial charge >= 0.3 is 0 Å². The SMILES string of the molecule is N#Cc1c(N)nc2sc(C(N)=O)c(N)c2c1-c1cc2ccccc2o1. The van der Waals surface area contributed by atoms with E-state index in [2.05, 4.69) is 4.98 Å². The van der Waals surface area contributed by atoms with E-state index in [1.54, 1.807) is 6.07 Å². The van der Waals surface area contributed by atoms with Crippen molar-refractivity contribution in [3.63, 3.8) is 0 Å². The number of nitrogens with two attached hydrogens (primary N) is 3. The van der Waals surface area contributed by atoms with E-state index >= 15 is 0 Å². The molecule has 0 saturated carbocycles. The summed E-state index contributed by atoms with van der Waals surface area (Å²) >= 11 is 1.04. The average molecular weight is 349 g/mol.